The van der Waals surface area contributed by atoms with Gasteiger partial charge in [-0.2, -0.15) is 0 Å². The zero-order chi connectivity index (χ0) is 20.3. The van der Waals surface area contributed by atoms with Crippen LogP contribution in [-0.2, 0) is 0 Å². The lowest BCUT2D eigenvalue weighted by Gasteiger charge is -2.34. The van der Waals surface area contributed by atoms with Gasteiger partial charge in [-0.3, -0.25) is 19.7 Å². The highest BCUT2D eigenvalue weighted by molar-refractivity contribution is 6.32. The fraction of sp³-hybridized carbons (Fsp3) is 0.263. The molecule has 1 heterocycles. The van der Waals surface area contributed by atoms with Gasteiger partial charge in [0, 0.05) is 43.4 Å². The number of piperazine rings is 1. The summed E-state index contributed by atoms with van der Waals surface area (Å²) >= 11 is 5.79. The van der Waals surface area contributed by atoms with Crippen molar-refractivity contribution in [2.24, 2.45) is 0 Å². The highest BCUT2D eigenvalue weighted by atomic mass is 35.5. The summed E-state index contributed by atoms with van der Waals surface area (Å²) in [5.74, 6) is 0.234. The molecule has 1 fully saturated rings. The van der Waals surface area contributed by atoms with Crippen LogP contribution in [-0.4, -0.2) is 59.8 Å². The number of carbonyl (C=O) groups excluding carboxylic acids is 2. The molecule has 0 saturated carbocycles. The quantitative estimate of drug-likeness (QED) is 0.578. The van der Waals surface area contributed by atoms with Crippen molar-refractivity contribution in [3.05, 3.63) is 68.7 Å². The topological polar surface area (TPSA) is 93.0 Å². The predicted octanol–water partition coefficient (Wildman–Crippen LogP) is 2.86. The van der Waals surface area contributed by atoms with Gasteiger partial charge in [0.15, 0.2) is 0 Å². The summed E-state index contributed by atoms with van der Waals surface area (Å²) in [6, 6.07) is 10.8. The molecule has 8 nitrogen and oxygen atoms in total. The van der Waals surface area contributed by atoms with E-state index in [2.05, 4.69) is 0 Å². The van der Waals surface area contributed by atoms with Crippen molar-refractivity contribution in [2.45, 2.75) is 0 Å². The minimum Gasteiger partial charge on any atom is -0.497 e. The Morgan fingerprint density at radius 1 is 0.964 bits per heavy atom. The Hall–Kier alpha value is -3.13. The van der Waals surface area contributed by atoms with Gasteiger partial charge < -0.3 is 14.5 Å². The van der Waals surface area contributed by atoms with Crippen molar-refractivity contribution >= 4 is 29.1 Å². The lowest BCUT2D eigenvalue weighted by atomic mass is 10.1. The van der Waals surface area contributed by atoms with Crippen molar-refractivity contribution in [2.75, 3.05) is 33.3 Å². The molecule has 0 atom stereocenters. The third kappa shape index (κ3) is 4.07. The minimum absolute atomic E-state index is 0.0172. The maximum Gasteiger partial charge on any atom is 0.288 e. The number of hydrogen-bond acceptors (Lipinski definition) is 5. The highest BCUT2D eigenvalue weighted by Gasteiger charge is 2.26. The average Bonchev–Trinajstić information content (AvgIpc) is 2.73. The van der Waals surface area contributed by atoms with Gasteiger partial charge in [0.2, 0.25) is 0 Å². The largest absolute Gasteiger partial charge is 0.497 e. The van der Waals surface area contributed by atoms with Crippen LogP contribution in [0.4, 0.5) is 5.69 Å². The van der Waals surface area contributed by atoms with Crippen molar-refractivity contribution < 1.29 is 19.2 Å². The molecule has 3 rings (SSSR count). The first-order valence-corrected chi connectivity index (χ1v) is 8.95. The summed E-state index contributed by atoms with van der Waals surface area (Å²) in [7, 11) is 1.56. The first-order chi connectivity index (χ1) is 13.4. The number of halogens is 1. The molecule has 9 heteroatoms. The molecule has 2 amide bonds. The fourth-order valence-electron chi connectivity index (χ4n) is 3.00. The SMILES string of the molecule is COc1ccc(C(=O)N2CCN(C(=O)c3ccc(Cl)c([N+](=O)[O-])c3)CC2)cc1. The highest BCUT2D eigenvalue weighted by Crippen LogP contribution is 2.26. The van der Waals surface area contributed by atoms with Crippen LogP contribution in [0, 0.1) is 10.1 Å². The second-order valence-corrected chi connectivity index (χ2v) is 6.64. The number of amides is 2. The predicted molar refractivity (Wildman–Crippen MR) is 103 cm³/mol. The summed E-state index contributed by atoms with van der Waals surface area (Å²) in [5.41, 5.74) is 0.445. The molecule has 1 saturated heterocycles. The molecule has 0 N–H and O–H groups in total. The third-order valence-electron chi connectivity index (χ3n) is 4.58. The van der Waals surface area contributed by atoms with Crippen LogP contribution in [0.2, 0.25) is 5.02 Å². The number of ether oxygens (including phenoxy) is 1. The second-order valence-electron chi connectivity index (χ2n) is 6.24. The summed E-state index contributed by atoms with van der Waals surface area (Å²) in [4.78, 5) is 38.9. The number of nitro benzene ring substituents is 1. The molecule has 28 heavy (non-hydrogen) atoms. The van der Waals surface area contributed by atoms with E-state index in [4.69, 9.17) is 16.3 Å². The number of nitro groups is 1. The molecule has 0 aliphatic carbocycles. The Labute approximate surface area is 166 Å². The first-order valence-electron chi connectivity index (χ1n) is 8.57. The van der Waals surface area contributed by atoms with Crippen molar-refractivity contribution in [3.63, 3.8) is 0 Å². The summed E-state index contributed by atoms with van der Waals surface area (Å²) in [6.07, 6.45) is 0. The maximum absolute atomic E-state index is 12.6. The van der Waals surface area contributed by atoms with Gasteiger partial charge in [0.25, 0.3) is 17.5 Å². The molecule has 1 aliphatic rings. The van der Waals surface area contributed by atoms with E-state index < -0.39 is 4.92 Å². The van der Waals surface area contributed by atoms with Gasteiger partial charge in [-0.05, 0) is 36.4 Å². The van der Waals surface area contributed by atoms with Crippen molar-refractivity contribution in [3.8, 4) is 5.75 Å². The molecule has 146 valence electrons. The van der Waals surface area contributed by atoms with Crippen LogP contribution in [0.3, 0.4) is 0 Å². The van der Waals surface area contributed by atoms with Gasteiger partial charge in [-0.25, -0.2) is 0 Å². The molecule has 0 unspecified atom stereocenters. The van der Waals surface area contributed by atoms with Gasteiger partial charge in [-0.1, -0.05) is 11.6 Å². The molecular formula is C19H18ClN3O5. The zero-order valence-corrected chi connectivity index (χ0v) is 15.9. The van der Waals surface area contributed by atoms with Crippen molar-refractivity contribution in [1.29, 1.82) is 0 Å². The van der Waals surface area contributed by atoms with E-state index in [0.29, 0.717) is 37.5 Å². The number of hydrogen-bond donors (Lipinski definition) is 0. The van der Waals surface area contributed by atoms with Gasteiger partial charge in [0.05, 0.1) is 12.0 Å². The Bertz CT molecular complexity index is 908. The lowest BCUT2D eigenvalue weighted by molar-refractivity contribution is -0.384. The Morgan fingerprint density at radius 2 is 1.46 bits per heavy atom. The van der Waals surface area contributed by atoms with Crippen LogP contribution in [0.15, 0.2) is 42.5 Å². The molecule has 0 aromatic heterocycles. The normalized spacial score (nSPS) is 13.9. The second kappa shape index (κ2) is 8.26. The summed E-state index contributed by atoms with van der Waals surface area (Å²) in [6.45, 7) is 1.45. The molecule has 2 aromatic rings. The van der Waals surface area contributed by atoms with E-state index in [1.807, 2.05) is 0 Å². The van der Waals surface area contributed by atoms with Crippen LogP contribution in [0.5, 0.6) is 5.75 Å². The number of methoxy groups -OCH3 is 1. The number of nitrogens with zero attached hydrogens (tertiary/aromatic N) is 3. The minimum atomic E-state index is -0.620. The first kappa shape index (κ1) is 19.6. The number of carbonyl (C=O) groups is 2. The average molecular weight is 404 g/mol. The van der Waals surface area contributed by atoms with E-state index in [0.717, 1.165) is 0 Å². The van der Waals surface area contributed by atoms with E-state index >= 15 is 0 Å². The Kier molecular flexibility index (Phi) is 5.79. The fourth-order valence-corrected chi connectivity index (χ4v) is 3.18. The summed E-state index contributed by atoms with van der Waals surface area (Å²) in [5, 5.41) is 11.0. The van der Waals surface area contributed by atoms with Gasteiger partial charge in [0.1, 0.15) is 10.8 Å². The van der Waals surface area contributed by atoms with E-state index in [1.54, 1.807) is 41.2 Å². The molecular weight excluding hydrogens is 386 g/mol. The molecule has 0 spiro atoms. The Balaban J connectivity index is 1.64. The zero-order valence-electron chi connectivity index (χ0n) is 15.1. The van der Waals surface area contributed by atoms with Crippen LogP contribution < -0.4 is 4.74 Å². The number of rotatable bonds is 4. The molecule has 0 radical (unpaired) electrons. The smallest absolute Gasteiger partial charge is 0.288 e. The third-order valence-corrected chi connectivity index (χ3v) is 4.90. The standard InChI is InChI=1S/C19H18ClN3O5/c1-28-15-5-2-13(3-6-15)18(24)21-8-10-22(11-9-21)19(25)14-4-7-16(20)17(12-14)23(26)27/h2-7,12H,8-11H2,1H3. The molecule has 1 aliphatic heterocycles. The summed E-state index contributed by atoms with van der Waals surface area (Å²) < 4.78 is 5.09. The Morgan fingerprint density at radius 3 is 1.96 bits per heavy atom. The van der Waals surface area contributed by atoms with Gasteiger partial charge >= 0.3 is 0 Å². The number of benzene rings is 2. The van der Waals surface area contributed by atoms with E-state index in [-0.39, 0.29) is 28.1 Å². The van der Waals surface area contributed by atoms with E-state index in [1.165, 1.54) is 18.2 Å². The van der Waals surface area contributed by atoms with Crippen molar-refractivity contribution in [1.82, 2.24) is 9.80 Å². The van der Waals surface area contributed by atoms with Crippen LogP contribution in [0.1, 0.15) is 20.7 Å². The van der Waals surface area contributed by atoms with Gasteiger partial charge in [-0.15, -0.1) is 0 Å². The van der Waals surface area contributed by atoms with Crippen LogP contribution in [0.25, 0.3) is 0 Å². The van der Waals surface area contributed by atoms with E-state index in [9.17, 15) is 19.7 Å². The van der Waals surface area contributed by atoms with Crippen LogP contribution >= 0.6 is 11.6 Å². The monoisotopic (exact) mass is 403 g/mol. The molecule has 0 bridgehead atoms. The maximum atomic E-state index is 12.6. The lowest BCUT2D eigenvalue weighted by Crippen LogP contribution is -2.50. The molecule has 2 aromatic carbocycles.